The van der Waals surface area contributed by atoms with E-state index in [4.69, 9.17) is 0 Å². The quantitative estimate of drug-likeness (QED) is 0.379. The first-order chi connectivity index (χ1) is 11.0. The van der Waals surface area contributed by atoms with Crippen LogP contribution in [-0.4, -0.2) is 10.7 Å². The largest absolute Gasteiger partial charge is 0.390 e. The average molecular weight is 325 g/mol. The van der Waals surface area contributed by atoms with Crippen molar-refractivity contribution in [1.29, 1.82) is 0 Å². The maximum atomic E-state index is 10.7. The third-order valence-electron chi connectivity index (χ3n) is 6.34. The number of aliphatic hydroxyl groups is 1. The van der Waals surface area contributed by atoms with Crippen LogP contribution in [0.5, 0.6) is 0 Å². The normalized spacial score (nSPS) is 28.4. The van der Waals surface area contributed by atoms with Crippen molar-refractivity contribution < 1.29 is 5.11 Å². The molecule has 1 aliphatic rings. The summed E-state index contributed by atoms with van der Waals surface area (Å²) >= 11 is 0. The zero-order valence-corrected chi connectivity index (χ0v) is 16.6. The zero-order chi connectivity index (χ0) is 17.1. The minimum atomic E-state index is -0.398. The molecule has 3 unspecified atom stereocenters. The van der Waals surface area contributed by atoms with Crippen molar-refractivity contribution in [3.63, 3.8) is 0 Å². The van der Waals surface area contributed by atoms with Crippen LogP contribution in [0, 0.1) is 17.8 Å². The van der Waals surface area contributed by atoms with E-state index >= 15 is 0 Å². The fourth-order valence-corrected chi connectivity index (χ4v) is 4.33. The molecule has 3 atom stereocenters. The molecule has 1 fully saturated rings. The molecule has 0 spiro atoms. The van der Waals surface area contributed by atoms with E-state index in [2.05, 4.69) is 27.7 Å². The summed E-state index contributed by atoms with van der Waals surface area (Å²) in [5.74, 6) is 2.15. The van der Waals surface area contributed by atoms with Gasteiger partial charge in [-0.1, -0.05) is 85.0 Å². The van der Waals surface area contributed by atoms with E-state index in [9.17, 15) is 5.11 Å². The Kier molecular flexibility index (Phi) is 10.5. The standard InChI is InChI=1S/C22H44O/c1-5-6-7-8-9-10-11-12-13-14-15-21-18-20(19(2)3)16-17-22(21,4)23/h19-21,23H,5-18H2,1-4H3. The Morgan fingerprint density at radius 3 is 1.96 bits per heavy atom. The van der Waals surface area contributed by atoms with Crippen LogP contribution in [0.4, 0.5) is 0 Å². The van der Waals surface area contributed by atoms with Gasteiger partial charge in [0.2, 0.25) is 0 Å². The van der Waals surface area contributed by atoms with Gasteiger partial charge in [0, 0.05) is 0 Å². The smallest absolute Gasteiger partial charge is 0.0648 e. The van der Waals surface area contributed by atoms with Crippen LogP contribution in [-0.2, 0) is 0 Å². The van der Waals surface area contributed by atoms with Gasteiger partial charge in [0.25, 0.3) is 0 Å². The van der Waals surface area contributed by atoms with Gasteiger partial charge >= 0.3 is 0 Å². The Bertz CT molecular complexity index is 282. The second-order valence-corrected chi connectivity index (χ2v) is 8.80. The molecule has 0 aliphatic heterocycles. The van der Waals surface area contributed by atoms with Crippen LogP contribution in [0.2, 0.25) is 0 Å². The number of unbranched alkanes of at least 4 members (excludes halogenated alkanes) is 9. The van der Waals surface area contributed by atoms with Crippen molar-refractivity contribution in [2.45, 2.75) is 123 Å². The highest BCUT2D eigenvalue weighted by atomic mass is 16.3. The van der Waals surface area contributed by atoms with Gasteiger partial charge in [-0.05, 0) is 50.4 Å². The highest BCUT2D eigenvalue weighted by Gasteiger charge is 2.38. The van der Waals surface area contributed by atoms with Crippen LogP contribution in [0.25, 0.3) is 0 Å². The first kappa shape index (κ1) is 21.0. The SMILES string of the molecule is CCCCCCCCCCCCC1CC(C(C)C)CCC1(C)O. The molecule has 0 aromatic rings. The van der Waals surface area contributed by atoms with Gasteiger partial charge in [0.05, 0.1) is 5.60 Å². The molecule has 1 aliphatic carbocycles. The summed E-state index contributed by atoms with van der Waals surface area (Å²) in [7, 11) is 0. The third kappa shape index (κ3) is 8.57. The second-order valence-electron chi connectivity index (χ2n) is 8.80. The van der Waals surface area contributed by atoms with Gasteiger partial charge in [0.1, 0.15) is 0 Å². The zero-order valence-electron chi connectivity index (χ0n) is 16.6. The molecule has 0 saturated heterocycles. The molecule has 1 heteroatoms. The van der Waals surface area contributed by atoms with Crippen molar-refractivity contribution in [3.8, 4) is 0 Å². The summed E-state index contributed by atoms with van der Waals surface area (Å²) < 4.78 is 0. The van der Waals surface area contributed by atoms with Gasteiger partial charge in [0.15, 0.2) is 0 Å². The van der Waals surface area contributed by atoms with E-state index < -0.39 is 5.60 Å². The van der Waals surface area contributed by atoms with Gasteiger partial charge in [-0.2, -0.15) is 0 Å². The number of hydrogen-bond donors (Lipinski definition) is 1. The maximum Gasteiger partial charge on any atom is 0.0648 e. The van der Waals surface area contributed by atoms with Crippen LogP contribution in [0.3, 0.4) is 0 Å². The molecule has 0 aromatic heterocycles. The molecular weight excluding hydrogens is 280 g/mol. The van der Waals surface area contributed by atoms with Crippen LogP contribution < -0.4 is 0 Å². The van der Waals surface area contributed by atoms with Crippen LogP contribution >= 0.6 is 0 Å². The minimum absolute atomic E-state index is 0.398. The summed E-state index contributed by atoms with van der Waals surface area (Å²) in [5.41, 5.74) is -0.398. The van der Waals surface area contributed by atoms with Crippen molar-refractivity contribution in [2.24, 2.45) is 17.8 Å². The molecule has 23 heavy (non-hydrogen) atoms. The third-order valence-corrected chi connectivity index (χ3v) is 6.34. The highest BCUT2D eigenvalue weighted by molar-refractivity contribution is 4.90. The predicted molar refractivity (Wildman–Crippen MR) is 103 cm³/mol. The lowest BCUT2D eigenvalue weighted by Gasteiger charge is -2.42. The fraction of sp³-hybridized carbons (Fsp3) is 1.00. The lowest BCUT2D eigenvalue weighted by Crippen LogP contribution is -2.41. The van der Waals surface area contributed by atoms with E-state index in [1.807, 2.05) is 0 Å². The van der Waals surface area contributed by atoms with Crippen LogP contribution in [0.1, 0.15) is 118 Å². The molecule has 138 valence electrons. The van der Waals surface area contributed by atoms with Crippen molar-refractivity contribution in [2.75, 3.05) is 0 Å². The Hall–Kier alpha value is -0.0400. The van der Waals surface area contributed by atoms with E-state index in [1.54, 1.807) is 0 Å². The predicted octanol–water partition coefficient (Wildman–Crippen LogP) is 7.12. The number of rotatable bonds is 12. The summed E-state index contributed by atoms with van der Waals surface area (Å²) in [6.45, 7) is 9.07. The summed E-state index contributed by atoms with van der Waals surface area (Å²) in [4.78, 5) is 0. The van der Waals surface area contributed by atoms with Gasteiger partial charge < -0.3 is 5.11 Å². The average Bonchev–Trinajstić information content (AvgIpc) is 2.50. The van der Waals surface area contributed by atoms with Crippen molar-refractivity contribution >= 4 is 0 Å². The first-order valence-corrected chi connectivity index (χ1v) is 10.7. The van der Waals surface area contributed by atoms with Crippen molar-refractivity contribution in [1.82, 2.24) is 0 Å². The Morgan fingerprint density at radius 2 is 1.43 bits per heavy atom. The van der Waals surface area contributed by atoms with Crippen molar-refractivity contribution in [3.05, 3.63) is 0 Å². The van der Waals surface area contributed by atoms with E-state index in [-0.39, 0.29) is 0 Å². The second kappa shape index (κ2) is 11.5. The topological polar surface area (TPSA) is 20.2 Å². The Labute approximate surface area is 146 Å². The molecular formula is C22H44O. The number of hydrogen-bond acceptors (Lipinski definition) is 1. The monoisotopic (exact) mass is 324 g/mol. The van der Waals surface area contributed by atoms with Gasteiger partial charge in [-0.25, -0.2) is 0 Å². The molecule has 0 amide bonds. The minimum Gasteiger partial charge on any atom is -0.390 e. The highest BCUT2D eigenvalue weighted by Crippen LogP contribution is 2.42. The van der Waals surface area contributed by atoms with Gasteiger partial charge in [-0.3, -0.25) is 0 Å². The molecule has 1 rings (SSSR count). The lowest BCUT2D eigenvalue weighted by molar-refractivity contribution is -0.0561. The fourth-order valence-electron chi connectivity index (χ4n) is 4.33. The molecule has 0 aromatic carbocycles. The summed E-state index contributed by atoms with van der Waals surface area (Å²) in [5, 5.41) is 10.7. The summed E-state index contributed by atoms with van der Waals surface area (Å²) in [6.07, 6.45) is 18.7. The lowest BCUT2D eigenvalue weighted by atomic mass is 9.67. The van der Waals surface area contributed by atoms with Gasteiger partial charge in [-0.15, -0.1) is 0 Å². The van der Waals surface area contributed by atoms with E-state index in [1.165, 1.54) is 83.5 Å². The maximum absolute atomic E-state index is 10.7. The first-order valence-electron chi connectivity index (χ1n) is 10.7. The Balaban J connectivity index is 2.07. The molecule has 1 nitrogen and oxygen atoms in total. The molecule has 1 N–H and O–H groups in total. The molecule has 1 saturated carbocycles. The molecule has 0 radical (unpaired) electrons. The Morgan fingerprint density at radius 1 is 0.913 bits per heavy atom. The van der Waals surface area contributed by atoms with Crippen LogP contribution in [0.15, 0.2) is 0 Å². The summed E-state index contributed by atoms with van der Waals surface area (Å²) in [6, 6.07) is 0. The van der Waals surface area contributed by atoms with E-state index in [0.717, 1.165) is 18.3 Å². The van der Waals surface area contributed by atoms with E-state index in [0.29, 0.717) is 5.92 Å². The molecule has 0 heterocycles. The molecule has 0 bridgehead atoms.